The van der Waals surface area contributed by atoms with Gasteiger partial charge in [0.05, 0.1) is 12.2 Å². The molecule has 0 radical (unpaired) electrons. The van der Waals surface area contributed by atoms with E-state index in [2.05, 4.69) is 10.6 Å². The lowest BCUT2D eigenvalue weighted by Gasteiger charge is -2.28. The van der Waals surface area contributed by atoms with E-state index in [0.717, 1.165) is 33.9 Å². The summed E-state index contributed by atoms with van der Waals surface area (Å²) in [5.74, 6) is 1.74. The van der Waals surface area contributed by atoms with E-state index < -0.39 is 6.04 Å². The summed E-state index contributed by atoms with van der Waals surface area (Å²) in [6, 6.07) is 24.8. The first kappa shape index (κ1) is 24.1. The SMILES string of the molecule is CCOc1ccc(C2C(C(=O)Nc3ccccc3)=C(C)Nc3nc(-c4ccc(N(C)C)cc4)nn32)cc1. The summed E-state index contributed by atoms with van der Waals surface area (Å²) >= 11 is 0. The van der Waals surface area contributed by atoms with Crippen LogP contribution in [0.2, 0.25) is 0 Å². The number of hydrogen-bond acceptors (Lipinski definition) is 6. The second kappa shape index (κ2) is 10.2. The Hall–Kier alpha value is -4.59. The van der Waals surface area contributed by atoms with Crippen molar-refractivity contribution >= 4 is 23.2 Å². The Morgan fingerprint density at radius 3 is 2.38 bits per heavy atom. The average molecular weight is 495 g/mol. The Morgan fingerprint density at radius 2 is 1.73 bits per heavy atom. The van der Waals surface area contributed by atoms with Crippen molar-refractivity contribution in [2.75, 3.05) is 36.2 Å². The number of ether oxygens (including phenoxy) is 1. The number of nitrogens with one attached hydrogen (secondary N) is 2. The van der Waals surface area contributed by atoms with Crippen molar-refractivity contribution in [1.29, 1.82) is 0 Å². The summed E-state index contributed by atoms with van der Waals surface area (Å²) in [7, 11) is 4.01. The number of amides is 1. The molecule has 4 aromatic rings. The Balaban J connectivity index is 1.56. The first-order chi connectivity index (χ1) is 17.9. The fourth-order valence-corrected chi connectivity index (χ4v) is 4.42. The number of para-hydroxylation sites is 1. The molecule has 0 aliphatic carbocycles. The fraction of sp³-hybridized carbons (Fsp3) is 0.207. The smallest absolute Gasteiger partial charge is 0.255 e. The van der Waals surface area contributed by atoms with Crippen LogP contribution in [-0.4, -0.2) is 41.4 Å². The standard InChI is InChI=1S/C29H30N6O2/c1-5-37-24-17-13-20(14-18-24)26-25(28(36)31-22-9-7-6-8-10-22)19(2)30-29-32-27(33-35(26)29)21-11-15-23(16-12-21)34(3)4/h6-18,26H,5H2,1-4H3,(H,31,36)(H,30,32,33). The summed E-state index contributed by atoms with van der Waals surface area (Å²) in [6.07, 6.45) is 0. The van der Waals surface area contributed by atoms with E-state index in [1.807, 2.05) is 112 Å². The van der Waals surface area contributed by atoms with Crippen molar-refractivity contribution in [3.8, 4) is 17.1 Å². The third-order valence-corrected chi connectivity index (χ3v) is 6.28. The van der Waals surface area contributed by atoms with Gasteiger partial charge in [-0.3, -0.25) is 4.79 Å². The van der Waals surface area contributed by atoms with E-state index in [0.29, 0.717) is 24.0 Å². The monoisotopic (exact) mass is 494 g/mol. The maximum absolute atomic E-state index is 13.6. The van der Waals surface area contributed by atoms with Crippen molar-refractivity contribution in [3.05, 3.63) is 95.7 Å². The van der Waals surface area contributed by atoms with Gasteiger partial charge in [0, 0.05) is 36.7 Å². The lowest BCUT2D eigenvalue weighted by molar-refractivity contribution is -0.113. The minimum atomic E-state index is -0.474. The quantitative estimate of drug-likeness (QED) is 0.361. The zero-order valence-corrected chi connectivity index (χ0v) is 21.4. The molecule has 1 aliphatic rings. The van der Waals surface area contributed by atoms with Crippen LogP contribution in [0.15, 0.2) is 90.1 Å². The van der Waals surface area contributed by atoms with Gasteiger partial charge in [0.1, 0.15) is 11.8 Å². The molecule has 1 unspecified atom stereocenters. The molecule has 3 aromatic carbocycles. The van der Waals surface area contributed by atoms with Gasteiger partial charge in [0.15, 0.2) is 5.82 Å². The summed E-state index contributed by atoms with van der Waals surface area (Å²) in [6.45, 7) is 4.43. The molecule has 1 aromatic heterocycles. The highest BCUT2D eigenvalue weighted by atomic mass is 16.5. The van der Waals surface area contributed by atoms with Crippen LogP contribution in [0.4, 0.5) is 17.3 Å². The van der Waals surface area contributed by atoms with Crippen molar-refractivity contribution in [1.82, 2.24) is 14.8 Å². The molecule has 0 bridgehead atoms. The molecule has 2 N–H and O–H groups in total. The Bertz CT molecular complexity index is 1420. The van der Waals surface area contributed by atoms with E-state index in [9.17, 15) is 4.79 Å². The number of carbonyl (C=O) groups excluding carboxylic acids is 1. The Kier molecular flexibility index (Phi) is 6.64. The van der Waals surface area contributed by atoms with E-state index in [4.69, 9.17) is 14.8 Å². The van der Waals surface area contributed by atoms with E-state index in [1.54, 1.807) is 4.68 Å². The first-order valence-electron chi connectivity index (χ1n) is 12.3. The van der Waals surface area contributed by atoms with Crippen molar-refractivity contribution in [3.63, 3.8) is 0 Å². The fourth-order valence-electron chi connectivity index (χ4n) is 4.42. The molecule has 37 heavy (non-hydrogen) atoms. The zero-order chi connectivity index (χ0) is 25.9. The second-order valence-corrected chi connectivity index (χ2v) is 9.03. The normalized spacial score (nSPS) is 14.5. The van der Waals surface area contributed by atoms with Gasteiger partial charge in [-0.25, -0.2) is 4.68 Å². The predicted octanol–water partition coefficient (Wildman–Crippen LogP) is 5.34. The minimum absolute atomic E-state index is 0.201. The third kappa shape index (κ3) is 4.91. The summed E-state index contributed by atoms with van der Waals surface area (Å²) in [4.78, 5) is 20.4. The first-order valence-corrected chi connectivity index (χ1v) is 12.3. The lowest BCUT2D eigenvalue weighted by atomic mass is 9.95. The number of aromatic nitrogens is 3. The van der Waals surface area contributed by atoms with Crippen LogP contribution in [0.3, 0.4) is 0 Å². The highest BCUT2D eigenvalue weighted by Gasteiger charge is 2.34. The summed E-state index contributed by atoms with van der Waals surface area (Å²) in [5, 5.41) is 11.2. The molecule has 8 nitrogen and oxygen atoms in total. The van der Waals surface area contributed by atoms with Crippen LogP contribution in [0, 0.1) is 0 Å². The number of rotatable bonds is 7. The molecule has 5 rings (SSSR count). The average Bonchev–Trinajstić information content (AvgIpc) is 3.33. The molecule has 0 saturated carbocycles. The van der Waals surface area contributed by atoms with Crippen LogP contribution in [0.1, 0.15) is 25.5 Å². The van der Waals surface area contributed by atoms with E-state index in [1.165, 1.54) is 0 Å². The van der Waals surface area contributed by atoms with E-state index in [-0.39, 0.29) is 5.91 Å². The lowest BCUT2D eigenvalue weighted by Crippen LogP contribution is -2.31. The molecule has 1 amide bonds. The molecule has 8 heteroatoms. The number of anilines is 3. The summed E-state index contributed by atoms with van der Waals surface area (Å²) in [5.41, 5.74) is 4.91. The van der Waals surface area contributed by atoms with Gasteiger partial charge in [-0.1, -0.05) is 30.3 Å². The van der Waals surface area contributed by atoms with Crippen LogP contribution >= 0.6 is 0 Å². The number of hydrogen-bond donors (Lipinski definition) is 2. The predicted molar refractivity (Wildman–Crippen MR) is 147 cm³/mol. The third-order valence-electron chi connectivity index (χ3n) is 6.28. The largest absolute Gasteiger partial charge is 0.494 e. The molecular formula is C29H30N6O2. The highest BCUT2D eigenvalue weighted by Crippen LogP contribution is 2.37. The van der Waals surface area contributed by atoms with Gasteiger partial charge in [0.25, 0.3) is 5.91 Å². The van der Waals surface area contributed by atoms with Gasteiger partial charge in [-0.05, 0) is 67.9 Å². The number of fused-ring (bicyclic) bond motifs is 1. The molecule has 1 aliphatic heterocycles. The molecule has 188 valence electrons. The number of carbonyl (C=O) groups is 1. The van der Waals surface area contributed by atoms with Crippen LogP contribution in [-0.2, 0) is 4.79 Å². The van der Waals surface area contributed by atoms with Crippen molar-refractivity contribution in [2.45, 2.75) is 19.9 Å². The van der Waals surface area contributed by atoms with Gasteiger partial charge >= 0.3 is 0 Å². The molecule has 0 fully saturated rings. The number of nitrogens with zero attached hydrogens (tertiary/aromatic N) is 4. The van der Waals surface area contributed by atoms with Crippen LogP contribution in [0.5, 0.6) is 5.75 Å². The zero-order valence-electron chi connectivity index (χ0n) is 21.4. The van der Waals surface area contributed by atoms with E-state index >= 15 is 0 Å². The second-order valence-electron chi connectivity index (χ2n) is 9.03. The molecule has 0 saturated heterocycles. The number of benzene rings is 3. The topological polar surface area (TPSA) is 84.3 Å². The maximum atomic E-state index is 13.6. The van der Waals surface area contributed by atoms with Crippen molar-refractivity contribution < 1.29 is 9.53 Å². The van der Waals surface area contributed by atoms with Gasteiger partial charge in [0.2, 0.25) is 5.95 Å². The van der Waals surface area contributed by atoms with Gasteiger partial charge < -0.3 is 20.3 Å². The summed E-state index contributed by atoms with van der Waals surface area (Å²) < 4.78 is 7.43. The molecule has 1 atom stereocenters. The number of allylic oxidation sites excluding steroid dienone is 1. The molecule has 2 heterocycles. The Labute approximate surface area is 216 Å². The van der Waals surface area contributed by atoms with Crippen LogP contribution < -0.4 is 20.3 Å². The van der Waals surface area contributed by atoms with Crippen molar-refractivity contribution in [2.24, 2.45) is 0 Å². The minimum Gasteiger partial charge on any atom is -0.494 e. The van der Waals surface area contributed by atoms with Gasteiger partial charge in [-0.2, -0.15) is 4.98 Å². The maximum Gasteiger partial charge on any atom is 0.255 e. The van der Waals surface area contributed by atoms with Crippen LogP contribution in [0.25, 0.3) is 11.4 Å². The molecule has 0 spiro atoms. The highest BCUT2D eigenvalue weighted by molar-refractivity contribution is 6.06. The Morgan fingerprint density at radius 1 is 1.03 bits per heavy atom. The molecular weight excluding hydrogens is 464 g/mol. The van der Waals surface area contributed by atoms with Gasteiger partial charge in [-0.15, -0.1) is 5.10 Å².